The number of carbonyl (C=O) groups excluding carboxylic acids is 1. The molecule has 2 heterocycles. The van der Waals surface area contributed by atoms with E-state index in [2.05, 4.69) is 20.7 Å². The number of likely N-dealkylation sites (tertiary alicyclic amines) is 1. The van der Waals surface area contributed by atoms with Gasteiger partial charge in [-0.15, -0.1) is 0 Å². The van der Waals surface area contributed by atoms with E-state index in [0.29, 0.717) is 42.8 Å². The summed E-state index contributed by atoms with van der Waals surface area (Å²) in [6, 6.07) is 16.9. The number of benzene rings is 2. The number of methoxy groups -OCH3 is 1. The van der Waals surface area contributed by atoms with Crippen LogP contribution in [-0.4, -0.2) is 48.6 Å². The number of aromatic nitrogens is 1. The summed E-state index contributed by atoms with van der Waals surface area (Å²) >= 11 is 0. The van der Waals surface area contributed by atoms with Gasteiger partial charge in [0.1, 0.15) is 17.2 Å². The highest BCUT2D eigenvalue weighted by atomic mass is 19.3. The van der Waals surface area contributed by atoms with Crippen LogP contribution >= 0.6 is 0 Å². The Morgan fingerprint density at radius 1 is 1.11 bits per heavy atom. The third-order valence-electron chi connectivity index (χ3n) is 5.96. The van der Waals surface area contributed by atoms with E-state index in [1.807, 2.05) is 0 Å². The Bertz CT molecular complexity index is 1190. The van der Waals surface area contributed by atoms with Gasteiger partial charge in [0, 0.05) is 42.6 Å². The molecule has 0 spiro atoms. The quantitative estimate of drug-likeness (QED) is 0.475. The molecular weight excluding hydrogens is 454 g/mol. The number of hydrogen-bond donors (Lipinski definition) is 0. The highest BCUT2D eigenvalue weighted by Gasteiger charge is 2.30. The summed E-state index contributed by atoms with van der Waals surface area (Å²) in [5.41, 5.74) is 2.57. The van der Waals surface area contributed by atoms with Gasteiger partial charge in [-0.1, -0.05) is 0 Å². The number of halogens is 2. The summed E-state index contributed by atoms with van der Waals surface area (Å²) in [6.45, 7) is -1.82. The fourth-order valence-electron chi connectivity index (χ4n) is 4.26. The van der Waals surface area contributed by atoms with Crippen molar-refractivity contribution in [1.82, 2.24) is 9.88 Å². The topological polar surface area (TPSA) is 78.7 Å². The van der Waals surface area contributed by atoms with E-state index >= 15 is 0 Å². The molecule has 7 nitrogen and oxygen atoms in total. The van der Waals surface area contributed by atoms with Crippen LogP contribution in [-0.2, 0) is 0 Å². The molecule has 1 aliphatic heterocycles. The van der Waals surface area contributed by atoms with Crippen LogP contribution in [0.1, 0.15) is 28.8 Å². The summed E-state index contributed by atoms with van der Waals surface area (Å²) in [4.78, 5) is 21.1. The summed E-state index contributed by atoms with van der Waals surface area (Å²) < 4.78 is 35.2. The molecule has 0 radical (unpaired) electrons. The summed E-state index contributed by atoms with van der Waals surface area (Å²) in [5.74, 6) is 0.626. The summed E-state index contributed by atoms with van der Waals surface area (Å²) in [7, 11) is 1.58. The lowest BCUT2D eigenvalue weighted by Gasteiger charge is -2.40. The molecular formula is C26H24F2N4O3. The Morgan fingerprint density at radius 3 is 2.40 bits per heavy atom. The minimum Gasteiger partial charge on any atom is -0.494 e. The van der Waals surface area contributed by atoms with Crippen molar-refractivity contribution in [2.45, 2.75) is 25.5 Å². The van der Waals surface area contributed by atoms with Gasteiger partial charge in [0.25, 0.3) is 5.91 Å². The van der Waals surface area contributed by atoms with Gasteiger partial charge in [0.2, 0.25) is 0 Å². The number of piperidine rings is 1. The minimum atomic E-state index is -2.90. The molecule has 35 heavy (non-hydrogen) atoms. The Balaban J connectivity index is 1.55. The van der Waals surface area contributed by atoms with E-state index in [1.54, 1.807) is 66.9 Å². The first-order valence-electron chi connectivity index (χ1n) is 11.1. The first-order valence-corrected chi connectivity index (χ1v) is 11.1. The largest absolute Gasteiger partial charge is 0.494 e. The van der Waals surface area contributed by atoms with Crippen LogP contribution in [0.15, 0.2) is 67.0 Å². The molecule has 1 saturated heterocycles. The van der Waals surface area contributed by atoms with Crippen LogP contribution in [0.5, 0.6) is 11.5 Å². The minimum absolute atomic E-state index is 0.0139. The molecule has 0 bridgehead atoms. The predicted molar refractivity (Wildman–Crippen MR) is 126 cm³/mol. The standard InChI is InChI=1S/C26H24F2N4O3/c1-34-24-10-13-30-17-23(24)32(20-6-8-22(9-7-20)35-26(27)28)21-11-14-31(15-12-21)25(33)19-4-2-18(16-29)3-5-19/h2-10,13,17,21,26H,11-12,14-15H2,1H3. The fraction of sp³-hybridized carbons (Fsp3) is 0.269. The zero-order chi connectivity index (χ0) is 24.8. The van der Waals surface area contributed by atoms with Crippen LogP contribution in [0.25, 0.3) is 0 Å². The van der Waals surface area contributed by atoms with Crippen molar-refractivity contribution < 1.29 is 23.0 Å². The lowest BCUT2D eigenvalue weighted by molar-refractivity contribution is -0.0498. The van der Waals surface area contributed by atoms with Crippen LogP contribution in [0.4, 0.5) is 20.2 Å². The van der Waals surface area contributed by atoms with Crippen LogP contribution in [0.2, 0.25) is 0 Å². The van der Waals surface area contributed by atoms with Gasteiger partial charge in [-0.25, -0.2) is 0 Å². The average molecular weight is 478 g/mol. The molecule has 180 valence electrons. The SMILES string of the molecule is COc1ccncc1N(c1ccc(OC(F)F)cc1)C1CCN(C(=O)c2ccc(C#N)cc2)CC1. The lowest BCUT2D eigenvalue weighted by Crippen LogP contribution is -2.45. The van der Waals surface area contributed by atoms with Gasteiger partial charge < -0.3 is 19.3 Å². The van der Waals surface area contributed by atoms with E-state index in [9.17, 15) is 13.6 Å². The normalized spacial score (nSPS) is 13.9. The third kappa shape index (κ3) is 5.49. The van der Waals surface area contributed by atoms with Crippen molar-refractivity contribution in [3.63, 3.8) is 0 Å². The second-order valence-corrected chi connectivity index (χ2v) is 8.00. The van der Waals surface area contributed by atoms with Crippen LogP contribution < -0.4 is 14.4 Å². The number of anilines is 2. The number of nitrogens with zero attached hydrogens (tertiary/aromatic N) is 4. The zero-order valence-electron chi connectivity index (χ0n) is 19.1. The van der Waals surface area contributed by atoms with Crippen LogP contribution in [0, 0.1) is 11.3 Å². The molecule has 1 fully saturated rings. The third-order valence-corrected chi connectivity index (χ3v) is 5.96. The molecule has 0 unspecified atom stereocenters. The van der Waals surface area contributed by atoms with Crippen molar-refractivity contribution in [1.29, 1.82) is 5.26 Å². The number of pyridine rings is 1. The molecule has 2 aromatic carbocycles. The van der Waals surface area contributed by atoms with Gasteiger partial charge in [-0.2, -0.15) is 14.0 Å². The Kier molecular flexibility index (Phi) is 7.41. The van der Waals surface area contributed by atoms with Gasteiger partial charge in [-0.3, -0.25) is 9.78 Å². The predicted octanol–water partition coefficient (Wildman–Crippen LogP) is 5.01. The zero-order valence-corrected chi connectivity index (χ0v) is 19.1. The van der Waals surface area contributed by atoms with E-state index < -0.39 is 6.61 Å². The van der Waals surface area contributed by atoms with Crippen molar-refractivity contribution in [2.24, 2.45) is 0 Å². The van der Waals surface area contributed by atoms with Crippen molar-refractivity contribution in [3.05, 3.63) is 78.1 Å². The molecule has 0 atom stereocenters. The highest BCUT2D eigenvalue weighted by Crippen LogP contribution is 2.38. The number of hydrogen-bond acceptors (Lipinski definition) is 6. The lowest BCUT2D eigenvalue weighted by atomic mass is 10.00. The smallest absolute Gasteiger partial charge is 0.387 e. The first kappa shape index (κ1) is 24.0. The summed E-state index contributed by atoms with van der Waals surface area (Å²) in [6.07, 6.45) is 4.69. The maximum Gasteiger partial charge on any atom is 0.387 e. The number of amides is 1. The Hall–Kier alpha value is -4.19. The maximum absolute atomic E-state index is 13.0. The number of rotatable bonds is 7. The maximum atomic E-state index is 13.0. The molecule has 4 rings (SSSR count). The van der Waals surface area contributed by atoms with Gasteiger partial charge in [0.05, 0.1) is 24.9 Å². The van der Waals surface area contributed by atoms with Gasteiger partial charge >= 0.3 is 6.61 Å². The second kappa shape index (κ2) is 10.8. The van der Waals surface area contributed by atoms with Crippen molar-refractivity contribution in [3.8, 4) is 17.6 Å². The van der Waals surface area contributed by atoms with E-state index in [-0.39, 0.29) is 17.7 Å². The number of ether oxygens (including phenoxy) is 2. The van der Waals surface area contributed by atoms with Crippen molar-refractivity contribution >= 4 is 17.3 Å². The molecule has 0 N–H and O–H groups in total. The molecule has 0 aliphatic carbocycles. The number of nitriles is 1. The molecule has 1 aromatic heterocycles. The van der Waals surface area contributed by atoms with E-state index in [1.165, 1.54) is 12.1 Å². The Labute approximate surface area is 202 Å². The second-order valence-electron chi connectivity index (χ2n) is 8.00. The monoisotopic (exact) mass is 478 g/mol. The molecule has 9 heteroatoms. The first-order chi connectivity index (χ1) is 17.0. The van der Waals surface area contributed by atoms with E-state index in [4.69, 9.17) is 10.00 Å². The fourth-order valence-corrected chi connectivity index (χ4v) is 4.26. The molecule has 1 amide bonds. The van der Waals surface area contributed by atoms with Crippen molar-refractivity contribution in [2.75, 3.05) is 25.1 Å². The van der Waals surface area contributed by atoms with E-state index in [0.717, 1.165) is 11.4 Å². The number of alkyl halides is 2. The average Bonchev–Trinajstić information content (AvgIpc) is 2.90. The number of carbonyl (C=O) groups is 1. The van der Waals surface area contributed by atoms with Gasteiger partial charge in [0.15, 0.2) is 0 Å². The summed E-state index contributed by atoms with van der Waals surface area (Å²) in [5, 5.41) is 8.97. The van der Waals surface area contributed by atoms with Crippen LogP contribution in [0.3, 0.4) is 0 Å². The molecule has 1 aliphatic rings. The molecule has 3 aromatic rings. The molecule has 0 saturated carbocycles. The highest BCUT2D eigenvalue weighted by molar-refractivity contribution is 5.94. The van der Waals surface area contributed by atoms with Gasteiger partial charge in [-0.05, 0) is 61.4 Å². The Morgan fingerprint density at radius 2 is 1.80 bits per heavy atom.